The first-order valence-electron chi connectivity index (χ1n) is 11.3. The van der Waals surface area contributed by atoms with Crippen molar-refractivity contribution in [2.24, 2.45) is 0 Å². The van der Waals surface area contributed by atoms with Crippen LogP contribution in [-0.4, -0.2) is 28.5 Å². The molecule has 0 saturated heterocycles. The van der Waals surface area contributed by atoms with Crippen LogP contribution in [0, 0.1) is 0 Å². The van der Waals surface area contributed by atoms with Crippen molar-refractivity contribution in [3.05, 3.63) is 76.6 Å². The third-order valence-corrected chi connectivity index (χ3v) is 6.64. The molecule has 154 valence electrons. The van der Waals surface area contributed by atoms with Gasteiger partial charge in [-0.2, -0.15) is 0 Å². The zero-order valence-electron chi connectivity index (χ0n) is 17.7. The molecule has 0 fully saturated rings. The van der Waals surface area contributed by atoms with E-state index in [-0.39, 0.29) is 12.1 Å². The van der Waals surface area contributed by atoms with E-state index in [1.54, 1.807) is 0 Å². The van der Waals surface area contributed by atoms with Gasteiger partial charge in [0.05, 0.1) is 6.17 Å². The predicted octanol–water partition coefficient (Wildman–Crippen LogP) is 4.64. The number of pyridine rings is 1. The molecule has 0 bridgehead atoms. The number of nitrogens with zero attached hydrogens (tertiary/aromatic N) is 2. The number of aromatic nitrogens is 1. The number of hydrogen-bond acceptors (Lipinski definition) is 3. The number of carbonyl (C=O) groups excluding carboxylic acids is 1. The summed E-state index contributed by atoms with van der Waals surface area (Å²) in [5.74, 6) is 0.00742. The fourth-order valence-corrected chi connectivity index (χ4v) is 5.00. The highest BCUT2D eigenvalue weighted by Crippen LogP contribution is 2.27. The lowest BCUT2D eigenvalue weighted by molar-refractivity contribution is 0.0820. The Balaban J connectivity index is 1.35. The molecule has 30 heavy (non-hydrogen) atoms. The first-order valence-corrected chi connectivity index (χ1v) is 11.3. The van der Waals surface area contributed by atoms with E-state index in [9.17, 15) is 4.79 Å². The molecule has 0 radical (unpaired) electrons. The molecule has 2 heterocycles. The summed E-state index contributed by atoms with van der Waals surface area (Å²) in [5.41, 5.74) is 6.13. The molecule has 1 aromatic heterocycles. The van der Waals surface area contributed by atoms with E-state index in [1.807, 2.05) is 30.3 Å². The van der Waals surface area contributed by atoms with E-state index < -0.39 is 0 Å². The van der Waals surface area contributed by atoms with Crippen LogP contribution in [-0.2, 0) is 25.8 Å². The molecule has 0 saturated carbocycles. The first-order chi connectivity index (χ1) is 14.7. The van der Waals surface area contributed by atoms with Crippen molar-refractivity contribution in [3.63, 3.8) is 0 Å². The number of nitrogens with one attached hydrogen (secondary N) is 1. The van der Waals surface area contributed by atoms with E-state index in [4.69, 9.17) is 4.98 Å². The fraction of sp³-hybridized carbons (Fsp3) is 0.385. The van der Waals surface area contributed by atoms with Gasteiger partial charge in [0.15, 0.2) is 0 Å². The number of benzene rings is 2. The van der Waals surface area contributed by atoms with Crippen LogP contribution in [0.25, 0.3) is 10.8 Å². The van der Waals surface area contributed by atoms with Crippen LogP contribution >= 0.6 is 0 Å². The van der Waals surface area contributed by atoms with E-state index in [2.05, 4.69) is 35.3 Å². The van der Waals surface area contributed by atoms with Crippen molar-refractivity contribution in [1.29, 1.82) is 0 Å². The lowest BCUT2D eigenvalue weighted by atomic mass is 9.92. The van der Waals surface area contributed by atoms with Gasteiger partial charge in [-0.1, -0.05) is 49.4 Å². The summed E-state index contributed by atoms with van der Waals surface area (Å²) in [6.07, 6.45) is 6.70. The van der Waals surface area contributed by atoms with Crippen LogP contribution in [0.15, 0.2) is 48.5 Å². The monoisotopic (exact) mass is 399 g/mol. The number of amides is 1. The second kappa shape index (κ2) is 8.19. The van der Waals surface area contributed by atoms with Gasteiger partial charge in [-0.05, 0) is 60.1 Å². The van der Waals surface area contributed by atoms with Gasteiger partial charge in [-0.15, -0.1) is 0 Å². The Labute approximate surface area is 178 Å². The lowest BCUT2D eigenvalue weighted by Gasteiger charge is -2.36. The van der Waals surface area contributed by atoms with Crippen molar-refractivity contribution < 1.29 is 4.79 Å². The second-order valence-corrected chi connectivity index (χ2v) is 8.55. The highest BCUT2D eigenvalue weighted by Gasteiger charge is 2.26. The van der Waals surface area contributed by atoms with Gasteiger partial charge in [0.1, 0.15) is 0 Å². The summed E-state index contributed by atoms with van der Waals surface area (Å²) in [5, 5.41) is 5.41. The van der Waals surface area contributed by atoms with Gasteiger partial charge < -0.3 is 5.32 Å². The average molecular weight is 400 g/mol. The minimum Gasteiger partial charge on any atom is -0.336 e. The molecule has 1 aliphatic heterocycles. The molecule has 1 atom stereocenters. The van der Waals surface area contributed by atoms with Crippen molar-refractivity contribution >= 4 is 16.7 Å². The molecule has 2 aliphatic rings. The Morgan fingerprint density at radius 3 is 2.73 bits per heavy atom. The number of aryl methyl sites for hydroxylation is 2. The smallest absolute Gasteiger partial charge is 0.253 e. The van der Waals surface area contributed by atoms with E-state index in [0.717, 1.165) is 55.1 Å². The normalized spacial score (nSPS) is 17.2. The topological polar surface area (TPSA) is 45.2 Å². The Morgan fingerprint density at radius 2 is 1.83 bits per heavy atom. The fourth-order valence-electron chi connectivity index (χ4n) is 5.00. The zero-order valence-corrected chi connectivity index (χ0v) is 17.7. The van der Waals surface area contributed by atoms with Crippen molar-refractivity contribution in [2.45, 2.75) is 58.2 Å². The third kappa shape index (κ3) is 3.61. The minimum atomic E-state index is 0.00742. The minimum absolute atomic E-state index is 0.00742. The zero-order chi connectivity index (χ0) is 20.5. The summed E-state index contributed by atoms with van der Waals surface area (Å²) in [4.78, 5) is 20.6. The summed E-state index contributed by atoms with van der Waals surface area (Å²) in [6, 6.07) is 16.4. The molecule has 1 unspecified atom stereocenters. The highest BCUT2D eigenvalue weighted by atomic mass is 16.1. The quantitative estimate of drug-likeness (QED) is 0.695. The molecule has 3 aromatic rings. The van der Waals surface area contributed by atoms with Gasteiger partial charge in [0, 0.05) is 36.5 Å². The van der Waals surface area contributed by atoms with Crippen LogP contribution in [0.4, 0.5) is 0 Å². The molecule has 5 rings (SSSR count). The maximum absolute atomic E-state index is 13.2. The number of hydrogen-bond donors (Lipinski definition) is 1. The Morgan fingerprint density at radius 1 is 1.03 bits per heavy atom. The van der Waals surface area contributed by atoms with Gasteiger partial charge in [-0.3, -0.25) is 14.7 Å². The lowest BCUT2D eigenvalue weighted by Crippen LogP contribution is -2.49. The van der Waals surface area contributed by atoms with Crippen LogP contribution in [0.2, 0.25) is 0 Å². The SMILES string of the molecule is CCC(NC(=O)c1cccc2ccccc12)N1CCc2nc3c(cc2C1)CCCC3. The van der Waals surface area contributed by atoms with Crippen molar-refractivity contribution in [1.82, 2.24) is 15.2 Å². The van der Waals surface area contributed by atoms with Crippen LogP contribution in [0.3, 0.4) is 0 Å². The highest BCUT2D eigenvalue weighted by molar-refractivity contribution is 6.07. The molecule has 4 heteroatoms. The van der Waals surface area contributed by atoms with Crippen molar-refractivity contribution in [2.75, 3.05) is 6.54 Å². The van der Waals surface area contributed by atoms with Gasteiger partial charge in [0.2, 0.25) is 0 Å². The van der Waals surface area contributed by atoms with E-state index in [0.29, 0.717) is 0 Å². The molecule has 2 aromatic carbocycles. The Hall–Kier alpha value is -2.72. The molecular weight excluding hydrogens is 370 g/mol. The summed E-state index contributed by atoms with van der Waals surface area (Å²) in [7, 11) is 0. The van der Waals surface area contributed by atoms with Crippen LogP contribution in [0.1, 0.15) is 59.1 Å². The number of fused-ring (bicyclic) bond motifs is 3. The van der Waals surface area contributed by atoms with E-state index in [1.165, 1.54) is 35.4 Å². The van der Waals surface area contributed by atoms with Crippen LogP contribution < -0.4 is 5.32 Å². The van der Waals surface area contributed by atoms with Gasteiger partial charge in [-0.25, -0.2) is 0 Å². The Kier molecular flexibility index (Phi) is 5.26. The van der Waals surface area contributed by atoms with Gasteiger partial charge in [0.25, 0.3) is 5.91 Å². The number of carbonyl (C=O) groups is 1. The molecule has 1 N–H and O–H groups in total. The standard InChI is InChI=1S/C26H29N3O/c1-2-25(28-26(30)22-12-7-10-18-8-3-5-11-21(18)22)29-15-14-24-20(17-29)16-19-9-4-6-13-23(19)27-24/h3,5,7-8,10-12,16,25H,2,4,6,9,13-15,17H2,1H3,(H,28,30). The van der Waals surface area contributed by atoms with Crippen molar-refractivity contribution in [3.8, 4) is 0 Å². The van der Waals surface area contributed by atoms with Crippen LogP contribution in [0.5, 0.6) is 0 Å². The number of rotatable bonds is 4. The van der Waals surface area contributed by atoms with E-state index >= 15 is 0 Å². The second-order valence-electron chi connectivity index (χ2n) is 8.55. The summed E-state index contributed by atoms with van der Waals surface area (Å²) < 4.78 is 0. The molecule has 0 spiro atoms. The summed E-state index contributed by atoms with van der Waals surface area (Å²) >= 11 is 0. The summed E-state index contributed by atoms with van der Waals surface area (Å²) in [6.45, 7) is 3.95. The average Bonchev–Trinajstić information content (AvgIpc) is 2.80. The third-order valence-electron chi connectivity index (χ3n) is 6.64. The maximum atomic E-state index is 13.2. The molecule has 1 aliphatic carbocycles. The maximum Gasteiger partial charge on any atom is 0.253 e. The molecule has 1 amide bonds. The molecule has 4 nitrogen and oxygen atoms in total. The predicted molar refractivity (Wildman–Crippen MR) is 120 cm³/mol. The first kappa shape index (κ1) is 19.3. The Bertz CT molecular complexity index is 1090. The largest absolute Gasteiger partial charge is 0.336 e. The molecular formula is C26H29N3O. The van der Waals surface area contributed by atoms with Gasteiger partial charge >= 0.3 is 0 Å².